The van der Waals surface area contributed by atoms with Crippen LogP contribution in [0.25, 0.3) is 0 Å². The van der Waals surface area contributed by atoms with E-state index in [1.807, 2.05) is 0 Å². The van der Waals surface area contributed by atoms with Crippen LogP contribution in [0.1, 0.15) is 35.8 Å². The molecule has 92 valence electrons. The zero-order valence-electron chi connectivity index (χ0n) is 10.2. The SMILES string of the molecule is CCOC(=O)c1cnc(NCC2CC2)nc1C. The summed E-state index contributed by atoms with van der Waals surface area (Å²) < 4.78 is 4.92. The van der Waals surface area contributed by atoms with Crippen LogP contribution in [0.5, 0.6) is 0 Å². The van der Waals surface area contributed by atoms with Crippen molar-refractivity contribution in [2.24, 2.45) is 5.92 Å². The van der Waals surface area contributed by atoms with Gasteiger partial charge in [0, 0.05) is 12.7 Å². The first kappa shape index (κ1) is 11.8. The highest BCUT2D eigenvalue weighted by molar-refractivity contribution is 5.90. The van der Waals surface area contributed by atoms with Crippen molar-refractivity contribution in [2.75, 3.05) is 18.5 Å². The van der Waals surface area contributed by atoms with Gasteiger partial charge >= 0.3 is 5.97 Å². The van der Waals surface area contributed by atoms with Crippen LogP contribution in [0.3, 0.4) is 0 Å². The fraction of sp³-hybridized carbons (Fsp3) is 0.583. The zero-order valence-corrected chi connectivity index (χ0v) is 10.2. The molecule has 17 heavy (non-hydrogen) atoms. The lowest BCUT2D eigenvalue weighted by Crippen LogP contribution is -2.12. The molecule has 1 saturated carbocycles. The van der Waals surface area contributed by atoms with Crippen LogP contribution in [0.15, 0.2) is 6.20 Å². The molecule has 1 heterocycles. The number of rotatable bonds is 5. The van der Waals surface area contributed by atoms with Gasteiger partial charge in [-0.25, -0.2) is 14.8 Å². The number of aromatic nitrogens is 2. The Hall–Kier alpha value is -1.65. The first-order chi connectivity index (χ1) is 8.20. The van der Waals surface area contributed by atoms with Gasteiger partial charge in [-0.2, -0.15) is 0 Å². The molecule has 2 rings (SSSR count). The van der Waals surface area contributed by atoms with E-state index in [-0.39, 0.29) is 5.97 Å². The normalized spacial score (nSPS) is 14.5. The number of hydrogen-bond acceptors (Lipinski definition) is 5. The molecule has 0 unspecified atom stereocenters. The third-order valence-corrected chi connectivity index (χ3v) is 2.72. The molecule has 1 aromatic heterocycles. The standard InChI is InChI=1S/C12H17N3O2/c1-3-17-11(16)10-7-14-12(15-8(10)2)13-6-9-4-5-9/h7,9H,3-6H2,1-2H3,(H,13,14,15). The predicted molar refractivity (Wildman–Crippen MR) is 63.9 cm³/mol. The summed E-state index contributed by atoms with van der Waals surface area (Å²) in [6, 6.07) is 0. The van der Waals surface area contributed by atoms with Crippen molar-refractivity contribution in [1.82, 2.24) is 9.97 Å². The summed E-state index contributed by atoms with van der Waals surface area (Å²) in [6.45, 7) is 4.84. The van der Waals surface area contributed by atoms with E-state index in [2.05, 4.69) is 15.3 Å². The lowest BCUT2D eigenvalue weighted by Gasteiger charge is -2.07. The Labute approximate surface area is 101 Å². The molecular weight excluding hydrogens is 218 g/mol. The minimum atomic E-state index is -0.362. The molecule has 5 nitrogen and oxygen atoms in total. The van der Waals surface area contributed by atoms with Crippen LogP contribution >= 0.6 is 0 Å². The van der Waals surface area contributed by atoms with E-state index >= 15 is 0 Å². The number of esters is 1. The van der Waals surface area contributed by atoms with Gasteiger partial charge in [-0.3, -0.25) is 0 Å². The van der Waals surface area contributed by atoms with E-state index in [0.29, 0.717) is 23.8 Å². The van der Waals surface area contributed by atoms with E-state index in [1.54, 1.807) is 13.8 Å². The average molecular weight is 235 g/mol. The largest absolute Gasteiger partial charge is 0.462 e. The molecule has 1 aromatic rings. The fourth-order valence-electron chi connectivity index (χ4n) is 1.52. The number of aryl methyl sites for hydroxylation is 1. The molecule has 1 N–H and O–H groups in total. The highest BCUT2D eigenvalue weighted by Crippen LogP contribution is 2.28. The van der Waals surface area contributed by atoms with Crippen LogP contribution in [0.4, 0.5) is 5.95 Å². The third kappa shape index (κ3) is 3.15. The second-order valence-corrected chi connectivity index (χ2v) is 4.24. The van der Waals surface area contributed by atoms with Crippen molar-refractivity contribution in [3.8, 4) is 0 Å². The Balaban J connectivity index is 2.01. The predicted octanol–water partition coefficient (Wildman–Crippen LogP) is 1.78. The van der Waals surface area contributed by atoms with Crippen LogP contribution in [0.2, 0.25) is 0 Å². The Morgan fingerprint density at radius 1 is 1.59 bits per heavy atom. The average Bonchev–Trinajstić information content (AvgIpc) is 3.10. The summed E-state index contributed by atoms with van der Waals surface area (Å²) in [5, 5.41) is 3.17. The molecule has 1 fully saturated rings. The molecule has 1 aliphatic carbocycles. The minimum absolute atomic E-state index is 0.361. The Bertz CT molecular complexity index is 416. The van der Waals surface area contributed by atoms with E-state index < -0.39 is 0 Å². The van der Waals surface area contributed by atoms with Gasteiger partial charge in [0.15, 0.2) is 0 Å². The van der Waals surface area contributed by atoms with Gasteiger partial charge in [-0.1, -0.05) is 0 Å². The van der Waals surface area contributed by atoms with Crippen LogP contribution < -0.4 is 5.32 Å². The lowest BCUT2D eigenvalue weighted by molar-refractivity contribution is 0.0524. The number of nitrogens with one attached hydrogen (secondary N) is 1. The van der Waals surface area contributed by atoms with Gasteiger partial charge in [0.25, 0.3) is 0 Å². The zero-order chi connectivity index (χ0) is 12.3. The molecule has 0 amide bonds. The molecule has 0 aromatic carbocycles. The monoisotopic (exact) mass is 235 g/mol. The van der Waals surface area contributed by atoms with Crippen molar-refractivity contribution in [3.05, 3.63) is 17.5 Å². The smallest absolute Gasteiger partial charge is 0.341 e. The molecule has 1 aliphatic rings. The molecular formula is C12H17N3O2. The molecule has 0 spiro atoms. The number of nitrogens with zero attached hydrogens (tertiary/aromatic N) is 2. The Kier molecular flexibility index (Phi) is 3.56. The fourth-order valence-corrected chi connectivity index (χ4v) is 1.52. The number of carbonyl (C=O) groups excluding carboxylic acids is 1. The van der Waals surface area contributed by atoms with Crippen LogP contribution in [-0.2, 0) is 4.74 Å². The molecule has 0 atom stereocenters. The Morgan fingerprint density at radius 2 is 2.35 bits per heavy atom. The van der Waals surface area contributed by atoms with Crippen molar-refractivity contribution >= 4 is 11.9 Å². The highest BCUT2D eigenvalue weighted by Gasteiger charge is 2.21. The van der Waals surface area contributed by atoms with Crippen molar-refractivity contribution in [1.29, 1.82) is 0 Å². The summed E-state index contributed by atoms with van der Waals surface area (Å²) in [4.78, 5) is 19.9. The van der Waals surface area contributed by atoms with Crippen molar-refractivity contribution in [3.63, 3.8) is 0 Å². The molecule has 0 aliphatic heterocycles. The summed E-state index contributed by atoms with van der Waals surface area (Å²) in [5.41, 5.74) is 1.08. The highest BCUT2D eigenvalue weighted by atomic mass is 16.5. The van der Waals surface area contributed by atoms with Gasteiger partial charge in [0.05, 0.1) is 17.9 Å². The number of hydrogen-bond donors (Lipinski definition) is 1. The van der Waals surface area contributed by atoms with E-state index in [0.717, 1.165) is 12.5 Å². The maximum absolute atomic E-state index is 11.5. The topological polar surface area (TPSA) is 64.1 Å². The van der Waals surface area contributed by atoms with Gasteiger partial charge in [0.2, 0.25) is 5.95 Å². The first-order valence-electron chi connectivity index (χ1n) is 5.95. The third-order valence-electron chi connectivity index (χ3n) is 2.72. The van der Waals surface area contributed by atoms with Gasteiger partial charge in [-0.05, 0) is 32.6 Å². The maximum Gasteiger partial charge on any atom is 0.341 e. The Morgan fingerprint density at radius 3 is 2.94 bits per heavy atom. The summed E-state index contributed by atoms with van der Waals surface area (Å²) >= 11 is 0. The van der Waals surface area contributed by atoms with Gasteiger partial charge in [-0.15, -0.1) is 0 Å². The van der Waals surface area contributed by atoms with E-state index in [9.17, 15) is 4.79 Å². The molecule has 0 bridgehead atoms. The molecule has 5 heteroatoms. The number of ether oxygens (including phenoxy) is 1. The molecule has 0 saturated heterocycles. The molecule has 0 radical (unpaired) electrons. The van der Waals surface area contributed by atoms with Gasteiger partial charge in [0.1, 0.15) is 0 Å². The second kappa shape index (κ2) is 5.12. The first-order valence-corrected chi connectivity index (χ1v) is 5.95. The van der Waals surface area contributed by atoms with Crippen LogP contribution in [0, 0.1) is 12.8 Å². The lowest BCUT2D eigenvalue weighted by atomic mass is 10.2. The summed E-state index contributed by atoms with van der Waals surface area (Å²) in [7, 11) is 0. The van der Waals surface area contributed by atoms with Crippen molar-refractivity contribution < 1.29 is 9.53 Å². The number of carbonyl (C=O) groups is 1. The number of anilines is 1. The quantitative estimate of drug-likeness (QED) is 0.788. The van der Waals surface area contributed by atoms with Crippen LogP contribution in [-0.4, -0.2) is 29.1 Å². The summed E-state index contributed by atoms with van der Waals surface area (Å²) in [6.07, 6.45) is 4.09. The second-order valence-electron chi connectivity index (χ2n) is 4.24. The van der Waals surface area contributed by atoms with E-state index in [4.69, 9.17) is 4.74 Å². The van der Waals surface area contributed by atoms with Gasteiger partial charge < -0.3 is 10.1 Å². The summed E-state index contributed by atoms with van der Waals surface area (Å²) in [5.74, 6) is 0.991. The van der Waals surface area contributed by atoms with Crippen molar-refractivity contribution in [2.45, 2.75) is 26.7 Å². The minimum Gasteiger partial charge on any atom is -0.462 e. The maximum atomic E-state index is 11.5. The van der Waals surface area contributed by atoms with E-state index in [1.165, 1.54) is 19.0 Å².